The van der Waals surface area contributed by atoms with Crippen molar-refractivity contribution < 1.29 is 4.42 Å². The average Bonchev–Trinajstić information content (AvgIpc) is 3.04. The minimum absolute atomic E-state index is 0.777. The third-order valence-corrected chi connectivity index (χ3v) is 3.45. The van der Waals surface area contributed by atoms with Gasteiger partial charge in [0.1, 0.15) is 5.76 Å². The summed E-state index contributed by atoms with van der Waals surface area (Å²) in [4.78, 5) is 7.95. The molecule has 2 aromatic rings. The highest BCUT2D eigenvalue weighted by atomic mass is 16.3. The van der Waals surface area contributed by atoms with Crippen LogP contribution in [-0.2, 0) is 6.42 Å². The highest BCUT2D eigenvalue weighted by Gasteiger charge is 2.13. The van der Waals surface area contributed by atoms with Crippen LogP contribution in [0.3, 0.4) is 0 Å². The largest absolute Gasteiger partial charge is 0.453 e. The van der Waals surface area contributed by atoms with Crippen LogP contribution >= 0.6 is 0 Å². The van der Waals surface area contributed by atoms with Gasteiger partial charge < -0.3 is 9.40 Å². The van der Waals surface area contributed by atoms with Gasteiger partial charge in [0.15, 0.2) is 11.6 Å². The van der Waals surface area contributed by atoms with Gasteiger partial charge >= 0.3 is 0 Å². The molecule has 0 aliphatic rings. The zero-order valence-corrected chi connectivity index (χ0v) is 13.4. The van der Waals surface area contributed by atoms with Crippen LogP contribution in [0.2, 0.25) is 0 Å². The number of allylic oxidation sites excluding steroid dienone is 3. The van der Waals surface area contributed by atoms with Crippen molar-refractivity contribution in [2.75, 3.05) is 0 Å². The van der Waals surface area contributed by atoms with E-state index in [1.165, 1.54) is 0 Å². The fourth-order valence-corrected chi connectivity index (χ4v) is 2.39. The fraction of sp³-hybridized carbons (Fsp3) is 0.389. The Morgan fingerprint density at radius 2 is 2.14 bits per heavy atom. The lowest BCUT2D eigenvalue weighted by Crippen LogP contribution is -1.85. The number of H-pyrrole nitrogens is 1. The van der Waals surface area contributed by atoms with Crippen molar-refractivity contribution in [1.29, 1.82) is 0 Å². The van der Waals surface area contributed by atoms with E-state index in [4.69, 9.17) is 4.42 Å². The molecule has 0 amide bonds. The van der Waals surface area contributed by atoms with Crippen LogP contribution in [-0.4, -0.2) is 9.97 Å². The topological polar surface area (TPSA) is 41.8 Å². The SMILES string of the molecule is C=C(C)/C(=C\CC)c1ccc(-c2nc(CCC)c(C)[nH]2)o1. The Bertz CT molecular complexity index is 659. The summed E-state index contributed by atoms with van der Waals surface area (Å²) in [6.45, 7) is 12.4. The second-order valence-electron chi connectivity index (χ2n) is 5.38. The van der Waals surface area contributed by atoms with Crippen molar-refractivity contribution in [1.82, 2.24) is 9.97 Å². The molecule has 0 unspecified atom stereocenters. The van der Waals surface area contributed by atoms with Crippen molar-refractivity contribution in [3.05, 3.63) is 47.5 Å². The van der Waals surface area contributed by atoms with Crippen LogP contribution in [0.25, 0.3) is 17.2 Å². The number of nitrogens with one attached hydrogen (secondary N) is 1. The zero-order chi connectivity index (χ0) is 15.4. The monoisotopic (exact) mass is 284 g/mol. The van der Waals surface area contributed by atoms with Gasteiger partial charge in [-0.1, -0.05) is 32.9 Å². The normalized spacial score (nSPS) is 11.9. The lowest BCUT2D eigenvalue weighted by molar-refractivity contribution is 0.563. The smallest absolute Gasteiger partial charge is 0.174 e. The predicted octanol–water partition coefficient (Wildman–Crippen LogP) is 5.30. The Morgan fingerprint density at radius 3 is 2.76 bits per heavy atom. The number of furan rings is 1. The minimum Gasteiger partial charge on any atom is -0.453 e. The fourth-order valence-electron chi connectivity index (χ4n) is 2.39. The highest BCUT2D eigenvalue weighted by molar-refractivity contribution is 5.75. The molecule has 0 aliphatic heterocycles. The molecule has 0 atom stereocenters. The number of rotatable bonds is 6. The molecule has 2 aromatic heterocycles. The van der Waals surface area contributed by atoms with Gasteiger partial charge in [0, 0.05) is 11.3 Å². The molecule has 21 heavy (non-hydrogen) atoms. The van der Waals surface area contributed by atoms with Crippen LogP contribution in [0.15, 0.2) is 34.8 Å². The number of nitrogens with zero attached hydrogens (tertiary/aromatic N) is 1. The van der Waals surface area contributed by atoms with Gasteiger partial charge in [-0.3, -0.25) is 0 Å². The first-order chi connectivity index (χ1) is 10.1. The van der Waals surface area contributed by atoms with E-state index in [2.05, 4.69) is 43.4 Å². The van der Waals surface area contributed by atoms with E-state index in [-0.39, 0.29) is 0 Å². The summed E-state index contributed by atoms with van der Waals surface area (Å²) in [6.07, 6.45) is 5.18. The Morgan fingerprint density at radius 1 is 1.38 bits per heavy atom. The molecule has 2 rings (SSSR count). The molecule has 0 spiro atoms. The van der Waals surface area contributed by atoms with Gasteiger partial charge in [0.05, 0.1) is 5.69 Å². The van der Waals surface area contributed by atoms with Gasteiger partial charge in [0.2, 0.25) is 0 Å². The summed E-state index contributed by atoms with van der Waals surface area (Å²) in [5.74, 6) is 2.43. The molecule has 0 fully saturated rings. The van der Waals surface area contributed by atoms with Gasteiger partial charge in [-0.25, -0.2) is 4.98 Å². The summed E-state index contributed by atoms with van der Waals surface area (Å²) < 4.78 is 5.97. The maximum atomic E-state index is 5.97. The molecule has 112 valence electrons. The zero-order valence-electron chi connectivity index (χ0n) is 13.4. The standard InChI is InChI=1S/C18H24N2O/c1-6-8-14(12(3)4)16-10-11-17(21-16)18-19-13(5)15(20-18)9-7-2/h8,10-11H,3,6-7,9H2,1-2,4-5H3,(H,19,20)/b14-8+. The third kappa shape index (κ3) is 3.35. The Hall–Kier alpha value is -2.03. The Labute approximate surface area is 126 Å². The highest BCUT2D eigenvalue weighted by Crippen LogP contribution is 2.28. The van der Waals surface area contributed by atoms with E-state index in [0.29, 0.717) is 0 Å². The van der Waals surface area contributed by atoms with Crippen LogP contribution in [0, 0.1) is 6.92 Å². The number of aromatic amines is 1. The summed E-state index contributed by atoms with van der Waals surface area (Å²) in [6, 6.07) is 3.96. The quantitative estimate of drug-likeness (QED) is 0.731. The third-order valence-electron chi connectivity index (χ3n) is 3.45. The van der Waals surface area contributed by atoms with Crippen molar-refractivity contribution in [2.24, 2.45) is 0 Å². The van der Waals surface area contributed by atoms with Gasteiger partial charge in [0.25, 0.3) is 0 Å². The number of aromatic nitrogens is 2. The second-order valence-corrected chi connectivity index (χ2v) is 5.38. The lowest BCUT2D eigenvalue weighted by atomic mass is 10.1. The molecule has 2 heterocycles. The van der Waals surface area contributed by atoms with Gasteiger partial charge in [-0.2, -0.15) is 0 Å². The van der Waals surface area contributed by atoms with Crippen LogP contribution in [0.5, 0.6) is 0 Å². The maximum absolute atomic E-state index is 5.97. The molecule has 0 aliphatic carbocycles. The minimum atomic E-state index is 0.777. The molecule has 0 radical (unpaired) electrons. The van der Waals surface area contributed by atoms with E-state index >= 15 is 0 Å². The maximum Gasteiger partial charge on any atom is 0.174 e. The molecule has 0 saturated carbocycles. The second kappa shape index (κ2) is 6.61. The molecule has 0 aromatic carbocycles. The van der Waals surface area contributed by atoms with Gasteiger partial charge in [-0.15, -0.1) is 0 Å². The molecular formula is C18H24N2O. The van der Waals surface area contributed by atoms with Gasteiger partial charge in [-0.05, 0) is 44.4 Å². The Balaban J connectivity index is 2.33. The molecule has 1 N–H and O–H groups in total. The summed E-state index contributed by atoms with van der Waals surface area (Å²) in [5.41, 5.74) is 4.32. The number of hydrogen-bond donors (Lipinski definition) is 1. The lowest BCUT2D eigenvalue weighted by Gasteiger charge is -2.02. The first-order valence-electron chi connectivity index (χ1n) is 7.58. The number of hydrogen-bond acceptors (Lipinski definition) is 2. The summed E-state index contributed by atoms with van der Waals surface area (Å²) in [5, 5.41) is 0. The van der Waals surface area contributed by atoms with E-state index in [0.717, 1.165) is 59.1 Å². The average molecular weight is 284 g/mol. The molecule has 3 nitrogen and oxygen atoms in total. The Kier molecular flexibility index (Phi) is 4.84. The van der Waals surface area contributed by atoms with Crippen LogP contribution in [0.1, 0.15) is 50.8 Å². The van der Waals surface area contributed by atoms with Crippen molar-refractivity contribution in [3.8, 4) is 11.6 Å². The first-order valence-corrected chi connectivity index (χ1v) is 7.58. The number of aryl methyl sites for hydroxylation is 2. The van der Waals surface area contributed by atoms with Crippen molar-refractivity contribution in [2.45, 2.75) is 47.0 Å². The molecule has 3 heteroatoms. The summed E-state index contributed by atoms with van der Waals surface area (Å²) in [7, 11) is 0. The van der Waals surface area contributed by atoms with E-state index in [9.17, 15) is 0 Å². The van der Waals surface area contributed by atoms with E-state index in [1.807, 2.05) is 19.1 Å². The predicted molar refractivity (Wildman–Crippen MR) is 88.1 cm³/mol. The van der Waals surface area contributed by atoms with E-state index < -0.39 is 0 Å². The van der Waals surface area contributed by atoms with Crippen LogP contribution < -0.4 is 0 Å². The molecule has 0 saturated heterocycles. The van der Waals surface area contributed by atoms with Crippen LogP contribution in [0.4, 0.5) is 0 Å². The molecular weight excluding hydrogens is 260 g/mol. The van der Waals surface area contributed by atoms with Crippen molar-refractivity contribution in [3.63, 3.8) is 0 Å². The van der Waals surface area contributed by atoms with Crippen molar-refractivity contribution >= 4 is 5.57 Å². The summed E-state index contributed by atoms with van der Waals surface area (Å²) >= 11 is 0. The molecule has 0 bridgehead atoms. The van der Waals surface area contributed by atoms with E-state index in [1.54, 1.807) is 0 Å². The number of imidazole rings is 1. The first kappa shape index (κ1) is 15.4.